The molecule has 1 aromatic carbocycles. The molecule has 110 valence electrons. The number of rotatable bonds is 4. The van der Waals surface area contributed by atoms with Crippen molar-refractivity contribution < 1.29 is 9.53 Å². The van der Waals surface area contributed by atoms with Crippen molar-refractivity contribution in [2.75, 3.05) is 45.2 Å². The molecule has 2 rings (SSSR count). The second kappa shape index (κ2) is 7.64. The van der Waals surface area contributed by atoms with Gasteiger partial charge in [0.1, 0.15) is 5.75 Å². The Labute approximate surface area is 128 Å². The first-order valence-electron chi connectivity index (χ1n) is 6.96. The van der Waals surface area contributed by atoms with Crippen LogP contribution in [0.25, 0.3) is 0 Å². The summed E-state index contributed by atoms with van der Waals surface area (Å²) in [5, 5.41) is 0.986. The average Bonchev–Trinajstić information content (AvgIpc) is 2.73. The van der Waals surface area contributed by atoms with Crippen molar-refractivity contribution >= 4 is 21.8 Å². The SMILES string of the molecule is COc1ccc(C(=O)N2CCCN(CCBr)CC2)cc1. The fourth-order valence-corrected chi connectivity index (χ4v) is 2.93. The van der Waals surface area contributed by atoms with Gasteiger partial charge in [0, 0.05) is 37.1 Å². The van der Waals surface area contributed by atoms with E-state index in [1.165, 1.54) is 0 Å². The predicted octanol–water partition coefficient (Wildman–Crippen LogP) is 2.24. The molecular weight excluding hydrogens is 320 g/mol. The third kappa shape index (κ3) is 3.96. The smallest absolute Gasteiger partial charge is 0.253 e. The number of carbonyl (C=O) groups excluding carboxylic acids is 1. The Hall–Kier alpha value is -1.07. The second-order valence-corrected chi connectivity index (χ2v) is 5.70. The van der Waals surface area contributed by atoms with E-state index in [9.17, 15) is 4.79 Å². The highest BCUT2D eigenvalue weighted by molar-refractivity contribution is 9.09. The standard InChI is InChI=1S/C15H21BrN2O2/c1-20-14-5-3-13(4-6-14)15(19)18-9-2-8-17(10-7-16)11-12-18/h3-6H,2,7-12H2,1H3. The van der Waals surface area contributed by atoms with Crippen molar-refractivity contribution in [3.05, 3.63) is 29.8 Å². The van der Waals surface area contributed by atoms with Crippen LogP contribution in [0.15, 0.2) is 24.3 Å². The molecule has 1 heterocycles. The van der Waals surface area contributed by atoms with Crippen LogP contribution < -0.4 is 4.74 Å². The quantitative estimate of drug-likeness (QED) is 0.788. The van der Waals surface area contributed by atoms with Gasteiger partial charge in [0.15, 0.2) is 0 Å². The van der Waals surface area contributed by atoms with E-state index < -0.39 is 0 Å². The second-order valence-electron chi connectivity index (χ2n) is 4.90. The summed E-state index contributed by atoms with van der Waals surface area (Å²) in [4.78, 5) is 16.8. The number of amides is 1. The third-order valence-corrected chi connectivity index (χ3v) is 3.97. The lowest BCUT2D eigenvalue weighted by atomic mass is 10.2. The van der Waals surface area contributed by atoms with Crippen LogP contribution in [0.4, 0.5) is 0 Å². The lowest BCUT2D eigenvalue weighted by molar-refractivity contribution is 0.0762. The summed E-state index contributed by atoms with van der Waals surface area (Å²) in [7, 11) is 1.63. The summed E-state index contributed by atoms with van der Waals surface area (Å²) in [5.41, 5.74) is 0.736. The Kier molecular flexibility index (Phi) is 5.86. The lowest BCUT2D eigenvalue weighted by Crippen LogP contribution is -2.35. The highest BCUT2D eigenvalue weighted by Gasteiger charge is 2.19. The van der Waals surface area contributed by atoms with Crippen molar-refractivity contribution in [1.82, 2.24) is 9.80 Å². The fourth-order valence-electron chi connectivity index (χ4n) is 2.43. The van der Waals surface area contributed by atoms with Gasteiger partial charge in [0.25, 0.3) is 5.91 Å². The maximum Gasteiger partial charge on any atom is 0.253 e. The zero-order valence-corrected chi connectivity index (χ0v) is 13.4. The van der Waals surface area contributed by atoms with Gasteiger partial charge >= 0.3 is 0 Å². The normalized spacial score (nSPS) is 16.8. The number of alkyl halides is 1. The molecular formula is C15H21BrN2O2. The molecule has 20 heavy (non-hydrogen) atoms. The average molecular weight is 341 g/mol. The summed E-state index contributed by atoms with van der Waals surface area (Å²) in [6.45, 7) is 4.71. The monoisotopic (exact) mass is 340 g/mol. The lowest BCUT2D eigenvalue weighted by Gasteiger charge is -2.21. The molecule has 0 bridgehead atoms. The number of nitrogens with zero attached hydrogens (tertiary/aromatic N) is 2. The van der Waals surface area contributed by atoms with Crippen LogP contribution in [-0.4, -0.2) is 60.9 Å². The van der Waals surface area contributed by atoms with Crippen molar-refractivity contribution in [3.8, 4) is 5.75 Å². The fraction of sp³-hybridized carbons (Fsp3) is 0.533. The first-order valence-corrected chi connectivity index (χ1v) is 8.08. The van der Waals surface area contributed by atoms with Gasteiger partial charge in [-0.2, -0.15) is 0 Å². The van der Waals surface area contributed by atoms with Crippen LogP contribution in [0.3, 0.4) is 0 Å². The Morgan fingerprint density at radius 2 is 1.95 bits per heavy atom. The van der Waals surface area contributed by atoms with E-state index in [2.05, 4.69) is 20.8 Å². The summed E-state index contributed by atoms with van der Waals surface area (Å²) >= 11 is 3.47. The maximum atomic E-state index is 12.5. The van der Waals surface area contributed by atoms with Crippen molar-refractivity contribution in [2.24, 2.45) is 0 Å². The summed E-state index contributed by atoms with van der Waals surface area (Å²) in [6.07, 6.45) is 1.04. The molecule has 0 saturated carbocycles. The molecule has 0 unspecified atom stereocenters. The van der Waals surface area contributed by atoms with E-state index in [0.29, 0.717) is 0 Å². The van der Waals surface area contributed by atoms with Gasteiger partial charge in [-0.15, -0.1) is 0 Å². The first kappa shape index (κ1) is 15.3. The molecule has 1 amide bonds. The molecule has 1 aromatic rings. The van der Waals surface area contributed by atoms with Gasteiger partial charge in [-0.05, 0) is 37.2 Å². The molecule has 0 radical (unpaired) electrons. The molecule has 4 nitrogen and oxygen atoms in total. The van der Waals surface area contributed by atoms with Crippen LogP contribution in [0.5, 0.6) is 5.75 Å². The minimum absolute atomic E-state index is 0.119. The van der Waals surface area contributed by atoms with Crippen molar-refractivity contribution in [2.45, 2.75) is 6.42 Å². The van der Waals surface area contributed by atoms with E-state index in [1.807, 2.05) is 29.2 Å². The van der Waals surface area contributed by atoms with Gasteiger partial charge < -0.3 is 14.5 Å². The highest BCUT2D eigenvalue weighted by Crippen LogP contribution is 2.14. The molecule has 5 heteroatoms. The highest BCUT2D eigenvalue weighted by atomic mass is 79.9. The number of benzene rings is 1. The van der Waals surface area contributed by atoms with Gasteiger partial charge in [0.2, 0.25) is 0 Å². The van der Waals surface area contributed by atoms with Crippen LogP contribution >= 0.6 is 15.9 Å². The van der Waals surface area contributed by atoms with Crippen LogP contribution in [0.1, 0.15) is 16.8 Å². The van der Waals surface area contributed by atoms with E-state index >= 15 is 0 Å². The molecule has 0 aromatic heterocycles. The van der Waals surface area contributed by atoms with Crippen LogP contribution in [-0.2, 0) is 0 Å². The molecule has 0 atom stereocenters. The largest absolute Gasteiger partial charge is 0.497 e. The zero-order chi connectivity index (χ0) is 14.4. The third-order valence-electron chi connectivity index (χ3n) is 3.61. The Morgan fingerprint density at radius 3 is 2.60 bits per heavy atom. The topological polar surface area (TPSA) is 32.8 Å². The molecule has 0 N–H and O–H groups in total. The van der Waals surface area contributed by atoms with Crippen molar-refractivity contribution in [1.29, 1.82) is 0 Å². The summed E-state index contributed by atoms with van der Waals surface area (Å²) in [5.74, 6) is 0.897. The van der Waals surface area contributed by atoms with E-state index in [-0.39, 0.29) is 5.91 Å². The van der Waals surface area contributed by atoms with Crippen molar-refractivity contribution in [3.63, 3.8) is 0 Å². The van der Waals surface area contributed by atoms with E-state index in [0.717, 1.165) is 55.8 Å². The number of halogens is 1. The minimum atomic E-state index is 0.119. The Balaban J connectivity index is 1.97. The predicted molar refractivity (Wildman–Crippen MR) is 83.7 cm³/mol. The van der Waals surface area contributed by atoms with Gasteiger partial charge in [-0.25, -0.2) is 0 Å². The van der Waals surface area contributed by atoms with Gasteiger partial charge in [0.05, 0.1) is 7.11 Å². The number of hydrogen-bond donors (Lipinski definition) is 0. The molecule has 0 spiro atoms. The van der Waals surface area contributed by atoms with E-state index in [4.69, 9.17) is 4.74 Å². The maximum absolute atomic E-state index is 12.5. The van der Waals surface area contributed by atoms with Gasteiger partial charge in [-0.1, -0.05) is 15.9 Å². The first-order chi connectivity index (χ1) is 9.74. The van der Waals surface area contributed by atoms with Crippen LogP contribution in [0.2, 0.25) is 0 Å². The molecule has 1 saturated heterocycles. The minimum Gasteiger partial charge on any atom is -0.497 e. The molecule has 1 aliphatic rings. The Morgan fingerprint density at radius 1 is 1.20 bits per heavy atom. The number of carbonyl (C=O) groups is 1. The molecule has 1 aliphatic heterocycles. The van der Waals surface area contributed by atoms with Crippen LogP contribution in [0, 0.1) is 0 Å². The number of ether oxygens (including phenoxy) is 1. The Bertz CT molecular complexity index is 436. The van der Waals surface area contributed by atoms with Gasteiger partial charge in [-0.3, -0.25) is 4.79 Å². The zero-order valence-electron chi connectivity index (χ0n) is 11.8. The number of methoxy groups -OCH3 is 1. The number of hydrogen-bond acceptors (Lipinski definition) is 3. The summed E-state index contributed by atoms with van der Waals surface area (Å²) in [6, 6.07) is 7.34. The molecule has 0 aliphatic carbocycles. The summed E-state index contributed by atoms with van der Waals surface area (Å²) < 4.78 is 5.12. The van der Waals surface area contributed by atoms with E-state index in [1.54, 1.807) is 7.11 Å². The molecule has 1 fully saturated rings.